The molecule has 0 atom stereocenters. The molecule has 0 aromatic carbocycles. The molecule has 2 aromatic rings. The van der Waals surface area contributed by atoms with Gasteiger partial charge >= 0.3 is 5.97 Å². The van der Waals surface area contributed by atoms with Crippen LogP contribution >= 0.6 is 0 Å². The number of aryl methyl sites for hydroxylation is 1. The van der Waals surface area contributed by atoms with Crippen LogP contribution in [0, 0.1) is 0 Å². The highest BCUT2D eigenvalue weighted by Gasteiger charge is 2.16. The van der Waals surface area contributed by atoms with Crippen molar-refractivity contribution < 1.29 is 14.3 Å². The zero-order chi connectivity index (χ0) is 15.2. The average molecular weight is 293 g/mol. The van der Waals surface area contributed by atoms with Crippen molar-refractivity contribution in [2.24, 2.45) is 7.05 Å². The van der Waals surface area contributed by atoms with Crippen LogP contribution < -0.4 is 4.90 Å². The summed E-state index contributed by atoms with van der Waals surface area (Å²) in [6.07, 6.45) is 3.51. The summed E-state index contributed by atoms with van der Waals surface area (Å²) in [7, 11) is 4.84. The molecule has 8 heteroatoms. The molecule has 114 valence electrons. The summed E-state index contributed by atoms with van der Waals surface area (Å²) in [5.74, 6) is 0.489. The molecule has 2 heterocycles. The van der Waals surface area contributed by atoms with Crippen molar-refractivity contribution in [1.29, 1.82) is 0 Å². The zero-order valence-electron chi connectivity index (χ0n) is 12.4. The Labute approximate surface area is 122 Å². The van der Waals surface area contributed by atoms with Crippen molar-refractivity contribution in [2.75, 3.05) is 38.8 Å². The van der Waals surface area contributed by atoms with Crippen LogP contribution in [0.1, 0.15) is 6.42 Å². The fourth-order valence-corrected chi connectivity index (χ4v) is 2.06. The first-order valence-corrected chi connectivity index (χ1v) is 6.60. The summed E-state index contributed by atoms with van der Waals surface area (Å²) in [6.45, 7) is 1.65. The van der Waals surface area contributed by atoms with Crippen molar-refractivity contribution in [3.05, 3.63) is 12.5 Å². The highest BCUT2D eigenvalue weighted by Crippen LogP contribution is 2.22. The van der Waals surface area contributed by atoms with E-state index < -0.39 is 0 Å². The number of hydrogen-bond acceptors (Lipinski definition) is 7. The van der Waals surface area contributed by atoms with Gasteiger partial charge in [-0.3, -0.25) is 9.48 Å². The Morgan fingerprint density at radius 2 is 2.14 bits per heavy atom. The summed E-state index contributed by atoms with van der Waals surface area (Å²) in [5, 5.41) is 5.04. The van der Waals surface area contributed by atoms with Gasteiger partial charge in [0.25, 0.3) is 0 Å². The summed E-state index contributed by atoms with van der Waals surface area (Å²) in [5.41, 5.74) is 0.750. The number of ether oxygens (including phenoxy) is 2. The smallest absolute Gasteiger partial charge is 0.307 e. The molecule has 0 spiro atoms. The third kappa shape index (κ3) is 3.46. The highest BCUT2D eigenvalue weighted by atomic mass is 16.5. The Balaban J connectivity index is 2.27. The maximum Gasteiger partial charge on any atom is 0.307 e. The molecule has 0 amide bonds. The van der Waals surface area contributed by atoms with E-state index in [-0.39, 0.29) is 12.4 Å². The van der Waals surface area contributed by atoms with Gasteiger partial charge in [0.2, 0.25) is 0 Å². The van der Waals surface area contributed by atoms with E-state index in [0.717, 1.165) is 16.9 Å². The van der Waals surface area contributed by atoms with E-state index in [9.17, 15) is 4.79 Å². The molecule has 8 nitrogen and oxygen atoms in total. The van der Waals surface area contributed by atoms with E-state index in [1.165, 1.54) is 13.4 Å². The third-order valence-corrected chi connectivity index (χ3v) is 3.19. The fraction of sp³-hybridized carbons (Fsp3) is 0.538. The van der Waals surface area contributed by atoms with Crippen LogP contribution in [0.15, 0.2) is 12.5 Å². The van der Waals surface area contributed by atoms with Crippen LogP contribution in [0.3, 0.4) is 0 Å². The van der Waals surface area contributed by atoms with E-state index >= 15 is 0 Å². The molecule has 0 aliphatic carbocycles. The lowest BCUT2D eigenvalue weighted by Crippen LogP contribution is -2.30. The van der Waals surface area contributed by atoms with Crippen LogP contribution in [-0.4, -0.2) is 59.6 Å². The second-order valence-electron chi connectivity index (χ2n) is 4.51. The number of nitrogens with zero attached hydrogens (tertiary/aromatic N) is 5. The van der Waals surface area contributed by atoms with Gasteiger partial charge < -0.3 is 14.4 Å². The first kappa shape index (κ1) is 15.2. The van der Waals surface area contributed by atoms with E-state index in [2.05, 4.69) is 19.8 Å². The second-order valence-corrected chi connectivity index (χ2v) is 4.51. The Kier molecular flexibility index (Phi) is 5.04. The molecule has 0 saturated carbocycles. The van der Waals surface area contributed by atoms with Crippen molar-refractivity contribution in [3.8, 4) is 0 Å². The van der Waals surface area contributed by atoms with Gasteiger partial charge in [-0.2, -0.15) is 5.10 Å². The Morgan fingerprint density at radius 3 is 2.86 bits per heavy atom. The van der Waals surface area contributed by atoms with Crippen LogP contribution in [0.4, 0.5) is 5.82 Å². The van der Waals surface area contributed by atoms with Gasteiger partial charge in [-0.05, 0) is 0 Å². The van der Waals surface area contributed by atoms with E-state index in [0.29, 0.717) is 19.7 Å². The number of methoxy groups -OCH3 is 2. The minimum absolute atomic E-state index is 0.256. The van der Waals surface area contributed by atoms with Gasteiger partial charge in [0.15, 0.2) is 5.65 Å². The normalized spacial score (nSPS) is 10.8. The topological polar surface area (TPSA) is 82.4 Å². The maximum atomic E-state index is 11.4. The molecule has 2 aromatic heterocycles. The largest absolute Gasteiger partial charge is 0.469 e. The van der Waals surface area contributed by atoms with Gasteiger partial charge in [0.1, 0.15) is 12.1 Å². The number of aromatic nitrogens is 4. The lowest BCUT2D eigenvalue weighted by molar-refractivity contribution is -0.140. The molecular weight excluding hydrogens is 274 g/mol. The molecular formula is C13H19N5O3. The Bertz CT molecular complexity index is 613. The number of hydrogen-bond donors (Lipinski definition) is 0. The first-order valence-electron chi connectivity index (χ1n) is 6.60. The highest BCUT2D eigenvalue weighted by molar-refractivity contribution is 5.86. The van der Waals surface area contributed by atoms with Gasteiger partial charge in [-0.1, -0.05) is 0 Å². The zero-order valence-corrected chi connectivity index (χ0v) is 12.4. The SMILES string of the molecule is COCCN(CCC(=O)OC)c1ncnc2c1cnn2C. The molecule has 0 unspecified atom stereocenters. The van der Waals surface area contributed by atoms with Gasteiger partial charge in [0, 0.05) is 27.2 Å². The number of anilines is 1. The summed E-state index contributed by atoms with van der Waals surface area (Å²) in [6, 6.07) is 0. The lowest BCUT2D eigenvalue weighted by atomic mass is 10.3. The van der Waals surface area contributed by atoms with E-state index in [4.69, 9.17) is 4.74 Å². The molecule has 2 rings (SSSR count). The number of carbonyl (C=O) groups excluding carboxylic acids is 1. The first-order chi connectivity index (χ1) is 10.2. The number of carbonyl (C=O) groups is 1. The molecule has 0 fully saturated rings. The molecule has 0 N–H and O–H groups in total. The van der Waals surface area contributed by atoms with Gasteiger partial charge in [-0.25, -0.2) is 9.97 Å². The average Bonchev–Trinajstić information content (AvgIpc) is 2.89. The number of rotatable bonds is 7. The maximum absolute atomic E-state index is 11.4. The Hall–Kier alpha value is -2.22. The molecule has 0 aliphatic heterocycles. The van der Waals surface area contributed by atoms with Crippen LogP contribution in [0.25, 0.3) is 11.0 Å². The monoisotopic (exact) mass is 293 g/mol. The third-order valence-electron chi connectivity index (χ3n) is 3.19. The standard InChI is InChI=1S/C13H19N5O3/c1-17-12-10(8-16-17)13(15-9-14-12)18(6-7-20-2)5-4-11(19)21-3/h8-9H,4-7H2,1-3H3. The molecule has 0 bridgehead atoms. The van der Waals surface area contributed by atoms with Gasteiger partial charge in [0.05, 0.1) is 31.7 Å². The molecule has 0 aliphatic rings. The number of esters is 1. The number of fused-ring (bicyclic) bond motifs is 1. The molecule has 0 radical (unpaired) electrons. The van der Waals surface area contributed by atoms with Crippen LogP contribution in [0.5, 0.6) is 0 Å². The van der Waals surface area contributed by atoms with Crippen LogP contribution in [0.2, 0.25) is 0 Å². The summed E-state index contributed by atoms with van der Waals surface area (Å²) < 4.78 is 11.5. The fourth-order valence-electron chi connectivity index (χ4n) is 2.06. The minimum Gasteiger partial charge on any atom is -0.469 e. The summed E-state index contributed by atoms with van der Waals surface area (Å²) in [4.78, 5) is 21.9. The van der Waals surface area contributed by atoms with Crippen molar-refractivity contribution in [2.45, 2.75) is 6.42 Å². The lowest BCUT2D eigenvalue weighted by Gasteiger charge is -2.23. The van der Waals surface area contributed by atoms with Gasteiger partial charge in [-0.15, -0.1) is 0 Å². The summed E-state index contributed by atoms with van der Waals surface area (Å²) >= 11 is 0. The molecule has 0 saturated heterocycles. The molecule has 21 heavy (non-hydrogen) atoms. The van der Waals surface area contributed by atoms with Crippen LogP contribution in [-0.2, 0) is 21.3 Å². The predicted octanol–water partition coefficient (Wildman–Crippen LogP) is 0.379. The Morgan fingerprint density at radius 1 is 1.33 bits per heavy atom. The van der Waals surface area contributed by atoms with Crippen molar-refractivity contribution >= 4 is 22.8 Å². The van der Waals surface area contributed by atoms with Crippen molar-refractivity contribution in [1.82, 2.24) is 19.7 Å². The van der Waals surface area contributed by atoms with E-state index in [1.54, 1.807) is 18.0 Å². The minimum atomic E-state index is -0.256. The van der Waals surface area contributed by atoms with E-state index in [1.807, 2.05) is 11.9 Å². The predicted molar refractivity (Wildman–Crippen MR) is 77.0 cm³/mol. The van der Waals surface area contributed by atoms with Crippen molar-refractivity contribution in [3.63, 3.8) is 0 Å². The quantitative estimate of drug-likeness (QED) is 0.682. The second kappa shape index (κ2) is 6.98.